The highest BCUT2D eigenvalue weighted by atomic mass is 16.1. The van der Waals surface area contributed by atoms with E-state index in [4.69, 9.17) is 0 Å². The average molecular weight is 272 g/mol. The topological polar surface area (TPSA) is 23.6 Å². The lowest BCUT2D eigenvalue weighted by Gasteiger charge is -2.37. The monoisotopic (exact) mass is 272 g/mol. The molecule has 20 heavy (non-hydrogen) atoms. The Kier molecular flexibility index (Phi) is 3.90. The number of carbonyl (C=O) groups excluding carboxylic acids is 1. The lowest BCUT2D eigenvalue weighted by Crippen LogP contribution is -2.52. The third-order valence-corrected chi connectivity index (χ3v) is 4.68. The summed E-state index contributed by atoms with van der Waals surface area (Å²) in [5, 5.41) is 0. The molecule has 1 unspecified atom stereocenters. The summed E-state index contributed by atoms with van der Waals surface area (Å²) in [4.78, 5) is 17.4. The van der Waals surface area contributed by atoms with Gasteiger partial charge in [0.2, 0.25) is 0 Å². The van der Waals surface area contributed by atoms with Gasteiger partial charge in [0.05, 0.1) is 6.04 Å². The molecule has 1 aromatic rings. The van der Waals surface area contributed by atoms with Gasteiger partial charge in [-0.05, 0) is 26.7 Å². The van der Waals surface area contributed by atoms with Gasteiger partial charge in [-0.3, -0.25) is 14.6 Å². The van der Waals surface area contributed by atoms with Crippen LogP contribution in [0.15, 0.2) is 24.3 Å². The maximum absolute atomic E-state index is 12.5. The van der Waals surface area contributed by atoms with Crippen LogP contribution in [0.4, 0.5) is 0 Å². The number of hydrogen-bond donors (Lipinski definition) is 0. The van der Waals surface area contributed by atoms with Crippen LogP contribution in [0.1, 0.15) is 35.7 Å². The molecule has 0 amide bonds. The third kappa shape index (κ3) is 2.94. The van der Waals surface area contributed by atoms with Gasteiger partial charge in [-0.15, -0.1) is 0 Å². The molecule has 3 heteroatoms. The molecule has 0 bridgehead atoms. The maximum Gasteiger partial charge on any atom is 0.179 e. The fraction of sp³-hybridized carbons (Fsp3) is 0.588. The number of ketones is 1. The van der Waals surface area contributed by atoms with E-state index >= 15 is 0 Å². The zero-order valence-corrected chi connectivity index (χ0v) is 12.5. The Hall–Kier alpha value is -1.19. The smallest absolute Gasteiger partial charge is 0.179 e. The number of benzene rings is 1. The minimum atomic E-state index is -0.000871. The summed E-state index contributed by atoms with van der Waals surface area (Å²) in [5.41, 5.74) is 2.04. The number of carbonyl (C=O) groups is 1. The lowest BCUT2D eigenvalue weighted by atomic mass is 10.0. The summed E-state index contributed by atoms with van der Waals surface area (Å²) >= 11 is 0. The van der Waals surface area contributed by atoms with Gasteiger partial charge in [-0.1, -0.05) is 29.8 Å². The van der Waals surface area contributed by atoms with Gasteiger partial charge in [0.25, 0.3) is 0 Å². The summed E-state index contributed by atoms with van der Waals surface area (Å²) in [7, 11) is 0. The van der Waals surface area contributed by atoms with Crippen molar-refractivity contribution in [2.75, 3.05) is 26.2 Å². The van der Waals surface area contributed by atoms with Crippen LogP contribution in [-0.4, -0.2) is 53.8 Å². The van der Waals surface area contributed by atoms with Crippen LogP contribution in [-0.2, 0) is 0 Å². The van der Waals surface area contributed by atoms with Crippen LogP contribution < -0.4 is 0 Å². The van der Waals surface area contributed by atoms with Crippen LogP contribution in [0.25, 0.3) is 0 Å². The van der Waals surface area contributed by atoms with Crippen LogP contribution >= 0.6 is 0 Å². The number of piperazine rings is 1. The van der Waals surface area contributed by atoms with Crippen molar-refractivity contribution in [3.05, 3.63) is 35.4 Å². The second-order valence-corrected chi connectivity index (χ2v) is 6.21. The summed E-state index contributed by atoms with van der Waals surface area (Å²) in [5.74, 6) is 0.255. The molecule has 1 aliphatic heterocycles. The Bertz CT molecular complexity index is 470. The maximum atomic E-state index is 12.5. The lowest BCUT2D eigenvalue weighted by molar-refractivity contribution is 0.0687. The predicted molar refractivity (Wildman–Crippen MR) is 81.1 cm³/mol. The fourth-order valence-electron chi connectivity index (χ4n) is 3.05. The quantitative estimate of drug-likeness (QED) is 0.786. The van der Waals surface area contributed by atoms with E-state index < -0.39 is 0 Å². The van der Waals surface area contributed by atoms with E-state index in [1.54, 1.807) is 0 Å². The first-order valence-electron chi connectivity index (χ1n) is 7.74. The van der Waals surface area contributed by atoms with E-state index in [0.717, 1.165) is 37.8 Å². The molecule has 2 aliphatic rings. The summed E-state index contributed by atoms with van der Waals surface area (Å²) < 4.78 is 0. The van der Waals surface area contributed by atoms with E-state index in [9.17, 15) is 4.79 Å². The predicted octanol–water partition coefficient (Wildman–Crippen LogP) is 2.35. The van der Waals surface area contributed by atoms with Crippen molar-refractivity contribution in [3.8, 4) is 0 Å². The normalized spacial score (nSPS) is 22.7. The van der Waals surface area contributed by atoms with Crippen LogP contribution in [0.3, 0.4) is 0 Å². The van der Waals surface area contributed by atoms with Gasteiger partial charge in [0.1, 0.15) is 0 Å². The molecule has 0 spiro atoms. The zero-order chi connectivity index (χ0) is 14.1. The second kappa shape index (κ2) is 5.66. The highest BCUT2D eigenvalue weighted by Crippen LogP contribution is 2.27. The second-order valence-electron chi connectivity index (χ2n) is 6.21. The van der Waals surface area contributed by atoms with Crippen molar-refractivity contribution in [2.24, 2.45) is 0 Å². The third-order valence-electron chi connectivity index (χ3n) is 4.68. The van der Waals surface area contributed by atoms with E-state index in [1.807, 2.05) is 24.3 Å². The number of aryl methyl sites for hydroxylation is 1. The highest BCUT2D eigenvalue weighted by Gasteiger charge is 2.33. The molecule has 3 rings (SSSR count). The Morgan fingerprint density at radius 2 is 1.70 bits per heavy atom. The van der Waals surface area contributed by atoms with Crippen LogP contribution in [0.2, 0.25) is 0 Å². The van der Waals surface area contributed by atoms with Crippen molar-refractivity contribution in [3.63, 3.8) is 0 Å². The summed E-state index contributed by atoms with van der Waals surface area (Å²) in [6.07, 6.45) is 2.75. The van der Waals surface area contributed by atoms with Gasteiger partial charge in [-0.25, -0.2) is 0 Å². The van der Waals surface area contributed by atoms with Crippen LogP contribution in [0, 0.1) is 6.92 Å². The molecule has 0 N–H and O–H groups in total. The van der Waals surface area contributed by atoms with Gasteiger partial charge in [0.15, 0.2) is 5.78 Å². The molecule has 3 nitrogen and oxygen atoms in total. The molecule has 1 saturated heterocycles. The summed E-state index contributed by atoms with van der Waals surface area (Å²) in [6.45, 7) is 8.39. The summed E-state index contributed by atoms with van der Waals surface area (Å²) in [6, 6.07) is 8.79. The molecule has 0 radical (unpaired) electrons. The molecule has 1 aromatic carbocycles. The molecular formula is C17H24N2O. The Morgan fingerprint density at radius 3 is 2.25 bits per heavy atom. The first kappa shape index (κ1) is 13.8. The van der Waals surface area contributed by atoms with Crippen molar-refractivity contribution >= 4 is 5.78 Å². The number of rotatable bonds is 4. The first-order chi connectivity index (χ1) is 9.65. The number of hydrogen-bond acceptors (Lipinski definition) is 3. The molecule has 1 saturated carbocycles. The minimum Gasteiger partial charge on any atom is -0.298 e. The van der Waals surface area contributed by atoms with Crippen molar-refractivity contribution in [1.82, 2.24) is 9.80 Å². The SMILES string of the molecule is Cc1ccc(C(=O)C(C)N2CCN(C3CC3)CC2)cc1. The van der Waals surface area contributed by atoms with Gasteiger partial charge in [0, 0.05) is 37.8 Å². The molecule has 1 heterocycles. The standard InChI is InChI=1S/C17H24N2O/c1-13-3-5-15(6-4-13)17(20)14(2)18-9-11-19(12-10-18)16-7-8-16/h3-6,14,16H,7-12H2,1-2H3. The number of Topliss-reactive ketones (excluding diaryl/α,β-unsaturated/α-hetero) is 1. The van der Waals surface area contributed by atoms with Crippen molar-refractivity contribution < 1.29 is 4.79 Å². The van der Waals surface area contributed by atoms with E-state index in [0.29, 0.717) is 0 Å². The largest absolute Gasteiger partial charge is 0.298 e. The molecular weight excluding hydrogens is 248 g/mol. The van der Waals surface area contributed by atoms with E-state index in [-0.39, 0.29) is 11.8 Å². The molecule has 1 aliphatic carbocycles. The van der Waals surface area contributed by atoms with Crippen molar-refractivity contribution in [2.45, 2.75) is 38.8 Å². The Labute approximate surface area is 121 Å². The van der Waals surface area contributed by atoms with Gasteiger partial charge >= 0.3 is 0 Å². The van der Waals surface area contributed by atoms with Gasteiger partial charge < -0.3 is 0 Å². The fourth-order valence-corrected chi connectivity index (χ4v) is 3.05. The first-order valence-corrected chi connectivity index (χ1v) is 7.74. The Balaban J connectivity index is 1.59. The molecule has 1 atom stereocenters. The zero-order valence-electron chi connectivity index (χ0n) is 12.5. The molecule has 0 aromatic heterocycles. The minimum absolute atomic E-state index is 0.000871. The van der Waals surface area contributed by atoms with Gasteiger partial charge in [-0.2, -0.15) is 0 Å². The molecule has 108 valence electrons. The van der Waals surface area contributed by atoms with E-state index in [2.05, 4.69) is 23.6 Å². The highest BCUT2D eigenvalue weighted by molar-refractivity contribution is 5.99. The van der Waals surface area contributed by atoms with Crippen LogP contribution in [0.5, 0.6) is 0 Å². The molecule has 2 fully saturated rings. The van der Waals surface area contributed by atoms with Crippen molar-refractivity contribution in [1.29, 1.82) is 0 Å². The Morgan fingerprint density at radius 1 is 1.10 bits per heavy atom. The number of nitrogens with zero attached hydrogens (tertiary/aromatic N) is 2. The average Bonchev–Trinajstić information content (AvgIpc) is 3.31. The van der Waals surface area contributed by atoms with E-state index in [1.165, 1.54) is 18.4 Å².